The Bertz CT molecular complexity index is 4850. The van der Waals surface area contributed by atoms with Crippen LogP contribution in [0.15, 0.2) is 247 Å². The number of hydrogen-bond acceptors (Lipinski definition) is 2. The molecule has 5 heteroatoms. The van der Waals surface area contributed by atoms with E-state index in [1.807, 2.05) is 36.4 Å². The third kappa shape index (κ3) is 8.75. The number of aromatic nitrogens is 2. The monoisotopic (exact) mass is 1160 g/mol. The Kier molecular flexibility index (Phi) is 11.4. The van der Waals surface area contributed by atoms with Gasteiger partial charge in [0.1, 0.15) is 0 Å². The molecule has 8 aliphatic rings. The number of allylic oxidation sites excluding steroid dienone is 8. The average Bonchev–Trinajstić information content (AvgIpc) is 1.01. The van der Waals surface area contributed by atoms with E-state index in [0.29, 0.717) is 33.6 Å². The Morgan fingerprint density at radius 1 is 0.393 bits per heavy atom. The summed E-state index contributed by atoms with van der Waals surface area (Å²) >= 11 is 0. The summed E-state index contributed by atoms with van der Waals surface area (Å²) in [5, 5.41) is 2.61. The maximum atomic E-state index is 9.76. The topological polar surface area (TPSA) is 16.3 Å². The highest BCUT2D eigenvalue weighted by molar-refractivity contribution is 7.00. The van der Waals surface area contributed by atoms with Gasteiger partial charge in [0.15, 0.2) is 0 Å². The first-order chi connectivity index (χ1) is 47.5. The van der Waals surface area contributed by atoms with Gasteiger partial charge in [-0.3, -0.25) is 0 Å². The molecule has 0 N–H and O–H groups in total. The van der Waals surface area contributed by atoms with Crippen LogP contribution in [0.4, 0.5) is 22.7 Å². The van der Waals surface area contributed by atoms with Crippen LogP contribution in [-0.2, 0) is 0 Å². The normalized spacial score (nSPS) is 24.5. The Morgan fingerprint density at radius 2 is 0.888 bits per heavy atom. The molecule has 438 valence electrons. The first kappa shape index (κ1) is 45.7. The van der Waals surface area contributed by atoms with Crippen molar-refractivity contribution in [3.05, 3.63) is 247 Å². The highest BCUT2D eigenvalue weighted by Gasteiger charge is 2.51. The zero-order valence-electron chi connectivity index (χ0n) is 58.8. The zero-order valence-corrected chi connectivity index (χ0v) is 50.8. The Hall–Kier alpha value is -8.54. The van der Waals surface area contributed by atoms with Crippen LogP contribution in [-0.4, -0.2) is 27.9 Å². The molecule has 0 amide bonds. The summed E-state index contributed by atoms with van der Waals surface area (Å²) in [6.07, 6.45) is 39.6. The summed E-state index contributed by atoms with van der Waals surface area (Å²) in [5.74, 6) is 1.16. The van der Waals surface area contributed by atoms with E-state index in [1.165, 1.54) is 64.6 Å². The van der Waals surface area contributed by atoms with Crippen molar-refractivity contribution in [1.29, 1.82) is 0 Å². The highest BCUT2D eigenvalue weighted by atomic mass is 15.2. The van der Waals surface area contributed by atoms with Gasteiger partial charge in [0.2, 0.25) is 0 Å². The molecule has 2 aliphatic heterocycles. The van der Waals surface area contributed by atoms with Crippen LogP contribution < -0.4 is 26.2 Å². The quantitative estimate of drug-likeness (QED) is 0.106. The van der Waals surface area contributed by atoms with Crippen molar-refractivity contribution in [3.8, 4) is 22.5 Å². The van der Waals surface area contributed by atoms with Crippen LogP contribution in [0.3, 0.4) is 0 Å². The second-order valence-electron chi connectivity index (χ2n) is 26.8. The summed E-state index contributed by atoms with van der Waals surface area (Å²) in [6, 6.07) is 45.0. The maximum Gasteiger partial charge on any atom is 0.252 e. The zero-order chi connectivity index (χ0) is 65.5. The molecule has 0 saturated heterocycles. The maximum absolute atomic E-state index is 9.76. The number of para-hydroxylation sites is 4. The minimum absolute atomic E-state index is 0.0375. The van der Waals surface area contributed by atoms with E-state index in [1.54, 1.807) is 11.1 Å². The van der Waals surface area contributed by atoms with Crippen molar-refractivity contribution < 1.29 is 11.0 Å². The fourth-order valence-corrected chi connectivity index (χ4v) is 18.3. The van der Waals surface area contributed by atoms with E-state index in [2.05, 4.69) is 159 Å². The molecule has 89 heavy (non-hydrogen) atoms. The molecule has 6 atom stereocenters. The molecule has 0 radical (unpaired) electrons. The van der Waals surface area contributed by atoms with Gasteiger partial charge < -0.3 is 18.9 Å². The minimum atomic E-state index is -0.289. The van der Waals surface area contributed by atoms with Crippen molar-refractivity contribution in [2.24, 2.45) is 23.7 Å². The minimum Gasteiger partial charge on any atom is -0.334 e. The average molecular weight is 1160 g/mol. The first-order valence-electron chi connectivity index (χ1n) is 37.7. The SMILES string of the molecule is [2H]c1c([2H])c([2H])c2c(c1[2H])c1ccccc1n2-c1ccc2c(c1)N(C1C(C3CC=CCC3)=CCCC1C1=CCCCC1)c1cc(-c3ccccc3)cc3c1B2c1ccc(-n2c4ccccc4c4c([2H])c([2H])c([2H])c([2H])c42)cc1N3C1C(C2CC=CCC2)=CCCC1C1=CCCCC1. The third-order valence-electron chi connectivity index (χ3n) is 22.2. The number of benzene rings is 8. The molecule has 18 rings (SSSR count). The summed E-state index contributed by atoms with van der Waals surface area (Å²) in [7, 11) is 0. The van der Waals surface area contributed by atoms with Crippen molar-refractivity contribution in [3.63, 3.8) is 0 Å². The van der Waals surface area contributed by atoms with Gasteiger partial charge in [0, 0.05) is 67.5 Å². The molecule has 10 aromatic rings. The lowest BCUT2D eigenvalue weighted by atomic mass is 9.33. The predicted octanol–water partition coefficient (Wildman–Crippen LogP) is 20.1. The molecular formula is C84H79BN4. The summed E-state index contributed by atoms with van der Waals surface area (Å²) in [4.78, 5) is 5.70. The Labute approximate surface area is 537 Å². The number of rotatable bonds is 9. The van der Waals surface area contributed by atoms with E-state index in [4.69, 9.17) is 2.74 Å². The molecule has 0 bridgehead atoms. The second-order valence-corrected chi connectivity index (χ2v) is 26.8. The number of nitrogens with zero attached hydrogens (tertiary/aromatic N) is 4. The van der Waals surface area contributed by atoms with Gasteiger partial charge in [-0.05, 0) is 227 Å². The van der Waals surface area contributed by atoms with Crippen LogP contribution in [0.1, 0.15) is 127 Å². The lowest BCUT2D eigenvalue weighted by Gasteiger charge is -2.53. The lowest BCUT2D eigenvalue weighted by molar-refractivity contribution is 0.391. The third-order valence-corrected chi connectivity index (χ3v) is 22.2. The molecule has 4 heterocycles. The highest BCUT2D eigenvalue weighted by Crippen LogP contribution is 2.53. The Morgan fingerprint density at radius 3 is 1.37 bits per heavy atom. The van der Waals surface area contributed by atoms with Gasteiger partial charge in [-0.25, -0.2) is 0 Å². The van der Waals surface area contributed by atoms with E-state index >= 15 is 0 Å². The van der Waals surface area contributed by atoms with E-state index in [0.717, 1.165) is 146 Å². The second kappa shape index (κ2) is 22.2. The molecule has 8 aromatic carbocycles. The smallest absolute Gasteiger partial charge is 0.252 e. The lowest BCUT2D eigenvalue weighted by Crippen LogP contribution is -2.65. The van der Waals surface area contributed by atoms with E-state index in [-0.39, 0.29) is 79.0 Å². The molecule has 0 saturated carbocycles. The summed E-state index contributed by atoms with van der Waals surface area (Å²) in [5.41, 5.74) is 21.0. The fourth-order valence-electron chi connectivity index (χ4n) is 18.3. The first-order valence-corrected chi connectivity index (χ1v) is 33.7. The Balaban J connectivity index is 0.986. The van der Waals surface area contributed by atoms with Crippen molar-refractivity contribution in [2.45, 2.75) is 128 Å². The van der Waals surface area contributed by atoms with Crippen LogP contribution in [0.2, 0.25) is 0 Å². The van der Waals surface area contributed by atoms with Crippen molar-refractivity contribution >= 4 is 89.5 Å². The van der Waals surface area contributed by atoms with Gasteiger partial charge in [0.05, 0.1) is 45.1 Å². The standard InChI is InChI=1S/C84H79BN4/c1-6-26-56(27-7-1)61-52-80-82-81(53-61)89(84-66(59-32-12-4-13-33-59)42-25-43-67(84)60-34-14-5-15-35-60)79-55-63(87-76-46-22-18-38-70(76)71-39-19-23-47-77(71)87)49-51-73(79)85(82)72-50-48-62(86-74-44-20-16-36-68(74)69-37-17-21-45-75(69)86)54-78(72)88(80)83-64(57-28-8-2-9-29-57)40-24-41-65(83)58-30-10-3-11-31-58/h1-2,4,6-8,12,16-23,26-27,30,34,36-40,42,44-55,57,59,65,67,83-84H,3,5,9-11,13-15,24-25,28-29,31-33,35,41,43H2/i16D,18D,20D,22D,36D,38D,44D,46D. The van der Waals surface area contributed by atoms with Crippen LogP contribution >= 0.6 is 0 Å². The van der Waals surface area contributed by atoms with Gasteiger partial charge in [0.25, 0.3) is 6.71 Å². The van der Waals surface area contributed by atoms with E-state index < -0.39 is 0 Å². The predicted molar refractivity (Wildman–Crippen MR) is 378 cm³/mol. The number of anilines is 4. The van der Waals surface area contributed by atoms with Crippen molar-refractivity contribution in [2.75, 3.05) is 9.80 Å². The van der Waals surface area contributed by atoms with Gasteiger partial charge in [-0.1, -0.05) is 175 Å². The van der Waals surface area contributed by atoms with E-state index in [9.17, 15) is 8.22 Å². The van der Waals surface area contributed by atoms with Gasteiger partial charge in [-0.15, -0.1) is 0 Å². The fraction of sp³-hybridized carbons (Fsp3) is 0.286. The van der Waals surface area contributed by atoms with Gasteiger partial charge in [-0.2, -0.15) is 0 Å². The molecule has 4 nitrogen and oxygen atoms in total. The number of fused-ring (bicyclic) bond motifs is 10. The van der Waals surface area contributed by atoms with Crippen molar-refractivity contribution in [1.82, 2.24) is 9.13 Å². The van der Waals surface area contributed by atoms with Crippen LogP contribution in [0.25, 0.3) is 66.1 Å². The molecule has 2 aromatic heterocycles. The van der Waals surface area contributed by atoms with Crippen LogP contribution in [0, 0.1) is 23.7 Å². The molecule has 6 unspecified atom stereocenters. The summed E-state index contributed by atoms with van der Waals surface area (Å²) < 4.78 is 79.1. The molecular weight excluding hydrogens is 1080 g/mol. The molecule has 0 fully saturated rings. The van der Waals surface area contributed by atoms with Crippen LogP contribution in [0.5, 0.6) is 0 Å². The number of hydrogen-bond donors (Lipinski definition) is 0. The summed E-state index contributed by atoms with van der Waals surface area (Å²) in [6.45, 7) is -0.289. The molecule has 6 aliphatic carbocycles. The molecule has 0 spiro atoms. The van der Waals surface area contributed by atoms with Gasteiger partial charge >= 0.3 is 0 Å². The largest absolute Gasteiger partial charge is 0.334 e.